The van der Waals surface area contributed by atoms with E-state index in [-0.39, 0.29) is 12.5 Å². The van der Waals surface area contributed by atoms with E-state index in [1.165, 1.54) is 32.1 Å². The molecule has 1 N–H and O–H groups in total. The number of ether oxygens (including phenoxy) is 1. The quantitative estimate of drug-likeness (QED) is 0.824. The Balaban J connectivity index is 1.83. The molecule has 2 aliphatic rings. The Morgan fingerprint density at radius 2 is 1.79 bits per heavy atom. The lowest BCUT2D eigenvalue weighted by atomic mass is 9.83. The molecule has 1 unspecified atom stereocenters. The largest absolute Gasteiger partial charge is 0.480 e. The third-order valence-electron chi connectivity index (χ3n) is 4.26. The monoisotopic (exact) mass is 269 g/mol. The molecule has 5 heteroatoms. The molecule has 1 saturated heterocycles. The summed E-state index contributed by atoms with van der Waals surface area (Å²) in [5, 5.41) is 8.50. The minimum atomic E-state index is -1.03. The zero-order chi connectivity index (χ0) is 13.7. The van der Waals surface area contributed by atoms with Crippen molar-refractivity contribution in [3.63, 3.8) is 0 Å². The van der Waals surface area contributed by atoms with Gasteiger partial charge in [0.1, 0.15) is 13.2 Å². The van der Waals surface area contributed by atoms with E-state index in [2.05, 4.69) is 0 Å². The van der Waals surface area contributed by atoms with Crippen molar-refractivity contribution < 1.29 is 19.4 Å². The molecule has 0 aromatic carbocycles. The van der Waals surface area contributed by atoms with Crippen molar-refractivity contribution in [1.82, 2.24) is 4.90 Å². The minimum Gasteiger partial charge on any atom is -0.480 e. The third-order valence-corrected chi connectivity index (χ3v) is 4.26. The number of carbonyl (C=O) groups excluding carboxylic acids is 1. The van der Waals surface area contributed by atoms with E-state index in [1.807, 2.05) is 4.90 Å². The summed E-state index contributed by atoms with van der Waals surface area (Å²) in [6.07, 6.45) is 8.48. The number of carboxylic acids is 1. The van der Waals surface area contributed by atoms with Gasteiger partial charge in [-0.2, -0.15) is 0 Å². The molecule has 1 aliphatic heterocycles. The summed E-state index contributed by atoms with van der Waals surface area (Å²) in [6.45, 7) is 0.305. The lowest BCUT2D eigenvalue weighted by Gasteiger charge is -2.34. The molecular weight excluding hydrogens is 246 g/mol. The number of carbonyl (C=O) groups is 2. The number of nitrogens with zero attached hydrogens (tertiary/aromatic N) is 1. The van der Waals surface area contributed by atoms with Crippen molar-refractivity contribution in [2.24, 2.45) is 5.92 Å². The molecule has 0 spiro atoms. The topological polar surface area (TPSA) is 66.8 Å². The molecule has 19 heavy (non-hydrogen) atoms. The van der Waals surface area contributed by atoms with Crippen LogP contribution in [0.4, 0.5) is 0 Å². The Bertz CT molecular complexity index is 325. The fourth-order valence-corrected chi connectivity index (χ4v) is 3.42. The Morgan fingerprint density at radius 1 is 1.05 bits per heavy atom. The Morgan fingerprint density at radius 3 is 2.47 bits per heavy atom. The second-order valence-electron chi connectivity index (χ2n) is 5.58. The molecule has 1 aliphatic carbocycles. The molecule has 108 valence electrons. The summed E-state index contributed by atoms with van der Waals surface area (Å²) in [4.78, 5) is 24.4. The van der Waals surface area contributed by atoms with Gasteiger partial charge in [0.15, 0.2) is 0 Å². The van der Waals surface area contributed by atoms with Crippen LogP contribution in [0.5, 0.6) is 0 Å². The molecule has 5 nitrogen and oxygen atoms in total. The number of hydrogen-bond donors (Lipinski definition) is 1. The number of carboxylic acid groups (broad SMARTS) is 1. The molecule has 0 aromatic rings. The molecule has 1 saturated carbocycles. The average Bonchev–Trinajstić information content (AvgIpc) is 2.88. The fraction of sp³-hybridized carbons (Fsp3) is 0.857. The number of aliphatic carboxylic acids is 1. The average molecular weight is 269 g/mol. The Kier molecular flexibility index (Phi) is 5.19. The van der Waals surface area contributed by atoms with Crippen molar-refractivity contribution in [3.8, 4) is 0 Å². The van der Waals surface area contributed by atoms with Crippen LogP contribution in [0, 0.1) is 5.92 Å². The van der Waals surface area contributed by atoms with E-state index in [0.29, 0.717) is 12.0 Å². The van der Waals surface area contributed by atoms with Crippen LogP contribution in [0.15, 0.2) is 0 Å². The molecule has 0 aromatic heterocycles. The highest BCUT2D eigenvalue weighted by atomic mass is 16.5. The molecule has 1 heterocycles. The van der Waals surface area contributed by atoms with Crippen LogP contribution in [0.1, 0.15) is 44.9 Å². The Labute approximate surface area is 113 Å². The smallest absolute Gasteiger partial charge is 0.329 e. The molecule has 0 radical (unpaired) electrons. The van der Waals surface area contributed by atoms with Crippen LogP contribution in [0.25, 0.3) is 0 Å². The van der Waals surface area contributed by atoms with Gasteiger partial charge >= 0.3 is 5.97 Å². The van der Waals surface area contributed by atoms with E-state index in [4.69, 9.17) is 9.84 Å². The van der Waals surface area contributed by atoms with Crippen LogP contribution in [-0.4, -0.2) is 47.7 Å². The van der Waals surface area contributed by atoms with E-state index in [0.717, 1.165) is 19.4 Å². The minimum absolute atomic E-state index is 0.0469. The highest BCUT2D eigenvalue weighted by Crippen LogP contribution is 2.34. The summed E-state index contributed by atoms with van der Waals surface area (Å²) in [6, 6.07) is 0.362. The predicted molar refractivity (Wildman–Crippen MR) is 69.8 cm³/mol. The van der Waals surface area contributed by atoms with Crippen molar-refractivity contribution in [2.45, 2.75) is 51.0 Å². The van der Waals surface area contributed by atoms with Gasteiger partial charge in [0.05, 0.1) is 0 Å². The number of amides is 1. The highest BCUT2D eigenvalue weighted by molar-refractivity contribution is 5.78. The lowest BCUT2D eigenvalue weighted by Crippen LogP contribution is -2.42. The normalized spacial score (nSPS) is 24.6. The van der Waals surface area contributed by atoms with Crippen LogP contribution in [0.2, 0.25) is 0 Å². The fourth-order valence-electron chi connectivity index (χ4n) is 3.42. The zero-order valence-electron chi connectivity index (χ0n) is 11.3. The van der Waals surface area contributed by atoms with Gasteiger partial charge in [-0.05, 0) is 31.6 Å². The summed E-state index contributed by atoms with van der Waals surface area (Å²) >= 11 is 0. The van der Waals surface area contributed by atoms with Gasteiger partial charge in [-0.1, -0.05) is 19.3 Å². The van der Waals surface area contributed by atoms with Crippen molar-refractivity contribution in [1.29, 1.82) is 0 Å². The summed E-state index contributed by atoms with van der Waals surface area (Å²) < 4.78 is 4.91. The van der Waals surface area contributed by atoms with Crippen molar-refractivity contribution in [2.75, 3.05) is 19.8 Å². The molecule has 2 rings (SSSR count). The summed E-state index contributed by atoms with van der Waals surface area (Å²) in [5.41, 5.74) is 0. The number of likely N-dealkylation sites (tertiary alicyclic amines) is 1. The molecule has 1 atom stereocenters. The van der Waals surface area contributed by atoms with E-state index in [1.54, 1.807) is 0 Å². The van der Waals surface area contributed by atoms with E-state index >= 15 is 0 Å². The van der Waals surface area contributed by atoms with Gasteiger partial charge in [-0.3, -0.25) is 4.79 Å². The Hall–Kier alpha value is -1.10. The van der Waals surface area contributed by atoms with Gasteiger partial charge in [0, 0.05) is 12.6 Å². The van der Waals surface area contributed by atoms with E-state index in [9.17, 15) is 9.59 Å². The first kappa shape index (κ1) is 14.3. The maximum Gasteiger partial charge on any atom is 0.329 e. The molecule has 2 fully saturated rings. The molecule has 1 amide bonds. The van der Waals surface area contributed by atoms with E-state index < -0.39 is 12.6 Å². The molecule has 0 bridgehead atoms. The summed E-state index contributed by atoms with van der Waals surface area (Å²) in [5.74, 6) is -0.438. The zero-order valence-corrected chi connectivity index (χ0v) is 11.3. The number of rotatable bonds is 5. The third kappa shape index (κ3) is 3.93. The second kappa shape index (κ2) is 6.89. The standard InChI is InChI=1S/C14H23NO4/c16-13(9-19-10-14(17)18)15-8-4-7-12(15)11-5-2-1-3-6-11/h11-12H,1-10H2,(H,17,18). The predicted octanol–water partition coefficient (Wildman–Crippen LogP) is 1.66. The summed E-state index contributed by atoms with van der Waals surface area (Å²) in [7, 11) is 0. The van der Waals surface area contributed by atoms with Gasteiger partial charge in [0.25, 0.3) is 0 Å². The van der Waals surface area contributed by atoms with Crippen LogP contribution >= 0.6 is 0 Å². The second-order valence-corrected chi connectivity index (χ2v) is 5.58. The van der Waals surface area contributed by atoms with Crippen molar-refractivity contribution >= 4 is 11.9 Å². The van der Waals surface area contributed by atoms with Crippen molar-refractivity contribution in [3.05, 3.63) is 0 Å². The highest BCUT2D eigenvalue weighted by Gasteiger charge is 2.34. The first-order valence-corrected chi connectivity index (χ1v) is 7.27. The van der Waals surface area contributed by atoms with Gasteiger partial charge in [-0.25, -0.2) is 4.79 Å². The van der Waals surface area contributed by atoms with Gasteiger partial charge < -0.3 is 14.7 Å². The maximum atomic E-state index is 12.1. The van der Waals surface area contributed by atoms with Gasteiger partial charge in [0.2, 0.25) is 5.91 Å². The first-order valence-electron chi connectivity index (χ1n) is 7.27. The van der Waals surface area contributed by atoms with Gasteiger partial charge in [-0.15, -0.1) is 0 Å². The van der Waals surface area contributed by atoms with Crippen LogP contribution in [-0.2, 0) is 14.3 Å². The lowest BCUT2D eigenvalue weighted by molar-refractivity contribution is -0.146. The molecular formula is C14H23NO4. The number of hydrogen-bond acceptors (Lipinski definition) is 3. The maximum absolute atomic E-state index is 12.1. The SMILES string of the molecule is O=C(O)COCC(=O)N1CCCC1C1CCCCC1. The first-order chi connectivity index (χ1) is 9.18. The van der Waals surface area contributed by atoms with Crippen LogP contribution in [0.3, 0.4) is 0 Å². The van der Waals surface area contributed by atoms with Crippen LogP contribution < -0.4 is 0 Å².